The van der Waals surface area contributed by atoms with Gasteiger partial charge in [-0.25, -0.2) is 8.42 Å². The van der Waals surface area contributed by atoms with Gasteiger partial charge in [-0.15, -0.1) is 0 Å². The first-order valence-electron chi connectivity index (χ1n) is 11.7. The summed E-state index contributed by atoms with van der Waals surface area (Å²) in [4.78, 5) is 13.1. The molecule has 0 aliphatic carbocycles. The Labute approximate surface area is 217 Å². The second-order valence-electron chi connectivity index (χ2n) is 8.32. The number of hydrogen-bond acceptors (Lipinski definition) is 5. The largest absolute Gasteiger partial charge is 0.496 e. The van der Waals surface area contributed by atoms with Gasteiger partial charge >= 0.3 is 0 Å². The summed E-state index contributed by atoms with van der Waals surface area (Å²) in [6.07, 6.45) is 0. The van der Waals surface area contributed by atoms with Gasteiger partial charge in [0.1, 0.15) is 23.8 Å². The molecule has 4 aromatic rings. The summed E-state index contributed by atoms with van der Waals surface area (Å²) in [6, 6.07) is 29.7. The highest BCUT2D eigenvalue weighted by Crippen LogP contribution is 2.28. The number of methoxy groups -OCH3 is 1. The van der Waals surface area contributed by atoms with Crippen LogP contribution < -0.4 is 19.1 Å². The Morgan fingerprint density at radius 3 is 2.11 bits per heavy atom. The molecule has 0 fully saturated rings. The lowest BCUT2D eigenvalue weighted by Gasteiger charge is -2.24. The van der Waals surface area contributed by atoms with Crippen LogP contribution in [0.5, 0.6) is 17.2 Å². The number of nitrogens with one attached hydrogen (secondary N) is 1. The van der Waals surface area contributed by atoms with Crippen molar-refractivity contribution in [3.63, 3.8) is 0 Å². The number of anilines is 1. The first kappa shape index (κ1) is 25.8. The van der Waals surface area contributed by atoms with Crippen LogP contribution in [-0.2, 0) is 21.4 Å². The summed E-state index contributed by atoms with van der Waals surface area (Å²) >= 11 is 0. The van der Waals surface area contributed by atoms with Crippen molar-refractivity contribution in [3.8, 4) is 17.2 Å². The summed E-state index contributed by atoms with van der Waals surface area (Å²) < 4.78 is 39.5. The van der Waals surface area contributed by atoms with E-state index < -0.39 is 22.5 Å². The number of para-hydroxylation sites is 2. The summed E-state index contributed by atoms with van der Waals surface area (Å²) in [6.45, 7) is 1.68. The Morgan fingerprint density at radius 2 is 1.43 bits per heavy atom. The molecule has 190 valence electrons. The van der Waals surface area contributed by atoms with Crippen molar-refractivity contribution < 1.29 is 22.7 Å². The van der Waals surface area contributed by atoms with Gasteiger partial charge in [0.25, 0.3) is 10.0 Å². The third-order valence-corrected chi connectivity index (χ3v) is 7.46. The van der Waals surface area contributed by atoms with E-state index in [2.05, 4.69) is 5.32 Å². The second-order valence-corrected chi connectivity index (χ2v) is 10.2. The minimum Gasteiger partial charge on any atom is -0.496 e. The number of benzene rings is 4. The van der Waals surface area contributed by atoms with E-state index in [1.807, 2.05) is 55.5 Å². The molecule has 0 heterocycles. The standard InChI is InChI=1S/C29H28N2O5S/c1-22-12-18-27(19-13-22)37(33,34)31(21-29(32)30-20-23-8-6-7-11-28(23)35-2)24-14-16-26(17-15-24)36-25-9-4-3-5-10-25/h3-19H,20-21H2,1-2H3,(H,30,32). The van der Waals surface area contributed by atoms with Gasteiger partial charge in [-0.2, -0.15) is 0 Å². The molecule has 1 N–H and O–H groups in total. The number of rotatable bonds is 10. The minimum atomic E-state index is -4.03. The average Bonchev–Trinajstić information content (AvgIpc) is 2.92. The van der Waals surface area contributed by atoms with E-state index in [0.29, 0.717) is 22.9 Å². The first-order valence-corrected chi connectivity index (χ1v) is 13.1. The lowest BCUT2D eigenvalue weighted by Crippen LogP contribution is -2.40. The Hall–Kier alpha value is -4.30. The number of hydrogen-bond donors (Lipinski definition) is 1. The Morgan fingerprint density at radius 1 is 0.811 bits per heavy atom. The summed E-state index contributed by atoms with van der Waals surface area (Å²) in [5.74, 6) is 1.39. The number of ether oxygens (including phenoxy) is 2. The van der Waals surface area contributed by atoms with Crippen LogP contribution in [0.3, 0.4) is 0 Å². The fourth-order valence-corrected chi connectivity index (χ4v) is 5.11. The third kappa shape index (κ3) is 6.48. The number of nitrogens with zero attached hydrogens (tertiary/aromatic N) is 1. The van der Waals surface area contributed by atoms with Gasteiger partial charge < -0.3 is 14.8 Å². The van der Waals surface area contributed by atoms with Crippen LogP contribution in [-0.4, -0.2) is 28.0 Å². The maximum Gasteiger partial charge on any atom is 0.264 e. The van der Waals surface area contributed by atoms with E-state index in [9.17, 15) is 13.2 Å². The smallest absolute Gasteiger partial charge is 0.264 e. The highest BCUT2D eigenvalue weighted by atomic mass is 32.2. The van der Waals surface area contributed by atoms with E-state index in [1.54, 1.807) is 49.6 Å². The molecule has 4 rings (SSSR count). The minimum absolute atomic E-state index is 0.0974. The predicted octanol–water partition coefficient (Wildman–Crippen LogP) is 5.31. The van der Waals surface area contributed by atoms with E-state index in [4.69, 9.17) is 9.47 Å². The third-order valence-electron chi connectivity index (χ3n) is 5.67. The van der Waals surface area contributed by atoms with Crippen LogP contribution in [0.2, 0.25) is 0 Å². The van der Waals surface area contributed by atoms with Crippen molar-refractivity contribution in [2.75, 3.05) is 18.0 Å². The molecule has 0 aliphatic heterocycles. The van der Waals surface area contributed by atoms with Gasteiger partial charge in [-0.1, -0.05) is 54.1 Å². The van der Waals surface area contributed by atoms with Gasteiger partial charge in [0.15, 0.2) is 0 Å². The number of aryl methyl sites for hydroxylation is 1. The monoisotopic (exact) mass is 516 g/mol. The van der Waals surface area contributed by atoms with Crippen molar-refractivity contribution in [1.82, 2.24) is 5.32 Å². The maximum absolute atomic E-state index is 13.6. The van der Waals surface area contributed by atoms with Crippen LogP contribution in [0, 0.1) is 6.92 Å². The van der Waals surface area contributed by atoms with Gasteiger partial charge in [-0.05, 0) is 61.5 Å². The molecule has 0 radical (unpaired) electrons. The molecule has 0 saturated carbocycles. The fourth-order valence-electron chi connectivity index (χ4n) is 3.69. The molecule has 7 nitrogen and oxygen atoms in total. The number of carbonyl (C=O) groups is 1. The van der Waals surface area contributed by atoms with E-state index in [1.165, 1.54) is 12.1 Å². The SMILES string of the molecule is COc1ccccc1CNC(=O)CN(c1ccc(Oc2ccccc2)cc1)S(=O)(=O)c1ccc(C)cc1. The van der Waals surface area contributed by atoms with E-state index in [-0.39, 0.29) is 11.4 Å². The Bertz CT molecular complexity index is 1440. The molecule has 0 unspecified atom stereocenters. The Balaban J connectivity index is 1.58. The van der Waals surface area contributed by atoms with Gasteiger partial charge in [-0.3, -0.25) is 9.10 Å². The maximum atomic E-state index is 13.6. The van der Waals surface area contributed by atoms with Gasteiger partial charge in [0.2, 0.25) is 5.91 Å². The molecular weight excluding hydrogens is 488 g/mol. The number of carbonyl (C=O) groups excluding carboxylic acids is 1. The lowest BCUT2D eigenvalue weighted by atomic mass is 10.2. The van der Waals surface area contributed by atoms with Crippen molar-refractivity contribution in [2.24, 2.45) is 0 Å². The number of amides is 1. The van der Waals surface area contributed by atoms with Crippen molar-refractivity contribution in [2.45, 2.75) is 18.4 Å². The van der Waals surface area contributed by atoms with Crippen LogP contribution in [0.25, 0.3) is 0 Å². The zero-order valence-electron chi connectivity index (χ0n) is 20.6. The molecule has 0 aliphatic rings. The fraction of sp³-hybridized carbons (Fsp3) is 0.138. The van der Waals surface area contributed by atoms with Crippen molar-refractivity contribution >= 4 is 21.6 Å². The molecule has 0 aromatic heterocycles. The Kier molecular flexibility index (Phi) is 8.10. The van der Waals surface area contributed by atoms with Crippen molar-refractivity contribution in [3.05, 3.63) is 114 Å². The zero-order valence-corrected chi connectivity index (χ0v) is 21.4. The lowest BCUT2D eigenvalue weighted by molar-refractivity contribution is -0.119. The molecule has 0 spiro atoms. The predicted molar refractivity (Wildman–Crippen MR) is 144 cm³/mol. The number of sulfonamides is 1. The zero-order chi connectivity index (χ0) is 26.3. The summed E-state index contributed by atoms with van der Waals surface area (Å²) in [5.41, 5.74) is 2.06. The highest BCUT2D eigenvalue weighted by Gasteiger charge is 2.27. The second kappa shape index (κ2) is 11.6. The van der Waals surface area contributed by atoms with Crippen LogP contribution in [0.1, 0.15) is 11.1 Å². The molecule has 8 heteroatoms. The summed E-state index contributed by atoms with van der Waals surface area (Å²) in [7, 11) is -2.47. The average molecular weight is 517 g/mol. The summed E-state index contributed by atoms with van der Waals surface area (Å²) in [5, 5.41) is 2.80. The van der Waals surface area contributed by atoms with Gasteiger partial charge in [0.05, 0.1) is 17.7 Å². The normalized spacial score (nSPS) is 11.0. The topological polar surface area (TPSA) is 84.9 Å². The first-order chi connectivity index (χ1) is 17.9. The molecule has 37 heavy (non-hydrogen) atoms. The highest BCUT2D eigenvalue weighted by molar-refractivity contribution is 7.92. The molecule has 4 aromatic carbocycles. The molecular formula is C29H28N2O5S. The van der Waals surface area contributed by atoms with Crippen LogP contribution in [0.15, 0.2) is 108 Å². The van der Waals surface area contributed by atoms with Crippen LogP contribution >= 0.6 is 0 Å². The molecule has 0 bridgehead atoms. The van der Waals surface area contributed by atoms with E-state index in [0.717, 1.165) is 15.4 Å². The van der Waals surface area contributed by atoms with Crippen molar-refractivity contribution in [1.29, 1.82) is 0 Å². The quantitative estimate of drug-likeness (QED) is 0.309. The van der Waals surface area contributed by atoms with E-state index >= 15 is 0 Å². The van der Waals surface area contributed by atoms with Crippen LogP contribution in [0.4, 0.5) is 5.69 Å². The molecule has 0 atom stereocenters. The molecule has 1 amide bonds. The van der Waals surface area contributed by atoms with Gasteiger partial charge in [0, 0.05) is 12.1 Å². The molecule has 0 saturated heterocycles.